The molecule has 2 amide bonds. The Morgan fingerprint density at radius 2 is 1.39 bits per heavy atom. The molecule has 0 atom stereocenters. The Hall–Kier alpha value is -2.89. The highest BCUT2D eigenvalue weighted by Gasteiger charge is 2.23. The number of nitrogens with one attached hydrogen (secondary N) is 1. The molecule has 0 aromatic heterocycles. The monoisotopic (exact) mass is 383 g/mol. The van der Waals surface area contributed by atoms with Crippen molar-refractivity contribution in [3.63, 3.8) is 0 Å². The molecule has 2 aromatic rings. The number of hydrogen-bond donors (Lipinski definition) is 1. The van der Waals surface area contributed by atoms with Crippen LogP contribution in [0.5, 0.6) is 0 Å². The van der Waals surface area contributed by atoms with Gasteiger partial charge in [-0.2, -0.15) is 0 Å². The van der Waals surface area contributed by atoms with Crippen LogP contribution in [-0.4, -0.2) is 48.4 Å². The van der Waals surface area contributed by atoms with E-state index in [4.69, 9.17) is 0 Å². The Kier molecular flexibility index (Phi) is 5.68. The summed E-state index contributed by atoms with van der Waals surface area (Å²) in [6.07, 6.45) is 0. The molecule has 1 heterocycles. The van der Waals surface area contributed by atoms with Crippen LogP contribution in [0, 0.1) is 5.82 Å². The van der Waals surface area contributed by atoms with Crippen molar-refractivity contribution < 1.29 is 14.0 Å². The summed E-state index contributed by atoms with van der Waals surface area (Å²) in [5, 5.41) is 2.91. The Bertz CT molecular complexity index is 834. The second-order valence-corrected chi connectivity index (χ2v) is 8.04. The molecule has 0 bridgehead atoms. The molecule has 0 spiro atoms. The van der Waals surface area contributed by atoms with Crippen molar-refractivity contribution in [2.24, 2.45) is 0 Å². The van der Waals surface area contributed by atoms with Gasteiger partial charge in [-0.3, -0.25) is 9.59 Å². The third-order valence-electron chi connectivity index (χ3n) is 4.64. The Labute approximate surface area is 165 Å². The summed E-state index contributed by atoms with van der Waals surface area (Å²) < 4.78 is 13.1. The number of hydrogen-bond acceptors (Lipinski definition) is 3. The van der Waals surface area contributed by atoms with Crippen molar-refractivity contribution in [3.05, 3.63) is 65.5 Å². The lowest BCUT2D eigenvalue weighted by Crippen LogP contribution is -2.48. The van der Waals surface area contributed by atoms with Crippen LogP contribution >= 0.6 is 0 Å². The summed E-state index contributed by atoms with van der Waals surface area (Å²) >= 11 is 0. The molecule has 3 rings (SSSR count). The smallest absolute Gasteiger partial charge is 0.253 e. The summed E-state index contributed by atoms with van der Waals surface area (Å²) in [7, 11) is 0. The van der Waals surface area contributed by atoms with Crippen molar-refractivity contribution >= 4 is 17.5 Å². The predicted octanol–water partition coefficient (Wildman–Crippen LogP) is 3.32. The van der Waals surface area contributed by atoms with Gasteiger partial charge in [-0.15, -0.1) is 0 Å². The minimum atomic E-state index is -0.310. The van der Waals surface area contributed by atoms with E-state index in [0.29, 0.717) is 37.3 Å². The molecule has 1 fully saturated rings. The molecule has 5 nitrogen and oxygen atoms in total. The number of carbonyl (C=O) groups is 2. The minimum Gasteiger partial charge on any atom is -0.368 e. The standard InChI is InChI=1S/C22H26FN3O2/c1-22(2,3)24-20(27)16-4-6-17(7-5-16)21(28)26-14-12-25(13-15-26)19-10-8-18(23)9-11-19/h4-11H,12-15H2,1-3H3,(H,24,27). The fraction of sp³-hybridized carbons (Fsp3) is 0.364. The van der Waals surface area contributed by atoms with Gasteiger partial charge in [-0.25, -0.2) is 4.39 Å². The maximum atomic E-state index is 13.1. The molecule has 28 heavy (non-hydrogen) atoms. The molecule has 0 unspecified atom stereocenters. The van der Waals surface area contributed by atoms with Crippen LogP contribution in [0.1, 0.15) is 41.5 Å². The number of benzene rings is 2. The molecule has 148 valence electrons. The molecule has 1 aliphatic rings. The molecule has 1 saturated heterocycles. The molecular weight excluding hydrogens is 357 g/mol. The lowest BCUT2D eigenvalue weighted by Gasteiger charge is -2.36. The van der Waals surface area contributed by atoms with Crippen LogP contribution in [0.2, 0.25) is 0 Å². The zero-order valence-electron chi connectivity index (χ0n) is 16.5. The van der Waals surface area contributed by atoms with Gasteiger partial charge in [-0.05, 0) is 69.3 Å². The zero-order valence-corrected chi connectivity index (χ0v) is 16.5. The second kappa shape index (κ2) is 8.00. The summed E-state index contributed by atoms with van der Waals surface area (Å²) in [5.74, 6) is -0.446. The highest BCUT2D eigenvalue weighted by atomic mass is 19.1. The lowest BCUT2D eigenvalue weighted by atomic mass is 10.1. The van der Waals surface area contributed by atoms with Crippen LogP contribution < -0.4 is 10.2 Å². The van der Waals surface area contributed by atoms with E-state index in [1.54, 1.807) is 36.4 Å². The first-order chi connectivity index (χ1) is 13.2. The van der Waals surface area contributed by atoms with Gasteiger partial charge in [-0.1, -0.05) is 0 Å². The van der Waals surface area contributed by atoms with Crippen molar-refractivity contribution in [1.82, 2.24) is 10.2 Å². The largest absolute Gasteiger partial charge is 0.368 e. The molecule has 6 heteroatoms. The number of rotatable bonds is 3. The lowest BCUT2D eigenvalue weighted by molar-refractivity contribution is 0.0746. The van der Waals surface area contributed by atoms with E-state index < -0.39 is 0 Å². The third kappa shape index (κ3) is 4.88. The average molecular weight is 383 g/mol. The number of anilines is 1. The SMILES string of the molecule is CC(C)(C)NC(=O)c1ccc(C(=O)N2CCN(c3ccc(F)cc3)CC2)cc1. The van der Waals surface area contributed by atoms with E-state index in [9.17, 15) is 14.0 Å². The van der Waals surface area contributed by atoms with Crippen molar-refractivity contribution in [1.29, 1.82) is 0 Å². The minimum absolute atomic E-state index is 0.0402. The molecule has 1 aliphatic heterocycles. The van der Waals surface area contributed by atoms with Gasteiger partial charge in [0.25, 0.3) is 11.8 Å². The summed E-state index contributed by atoms with van der Waals surface area (Å²) in [5.41, 5.74) is 1.76. The summed E-state index contributed by atoms with van der Waals surface area (Å²) in [4.78, 5) is 28.9. The van der Waals surface area contributed by atoms with Crippen LogP contribution in [0.4, 0.5) is 10.1 Å². The van der Waals surface area contributed by atoms with Gasteiger partial charge in [0, 0.05) is 48.5 Å². The first kappa shape index (κ1) is 19.9. The normalized spacial score (nSPS) is 14.7. The quantitative estimate of drug-likeness (QED) is 0.885. The topological polar surface area (TPSA) is 52.7 Å². The molecular formula is C22H26FN3O2. The molecule has 0 saturated carbocycles. The number of piperazine rings is 1. The highest BCUT2D eigenvalue weighted by Crippen LogP contribution is 2.18. The Morgan fingerprint density at radius 1 is 0.857 bits per heavy atom. The predicted molar refractivity (Wildman–Crippen MR) is 108 cm³/mol. The molecule has 2 aromatic carbocycles. The third-order valence-corrected chi connectivity index (χ3v) is 4.64. The maximum absolute atomic E-state index is 13.1. The van der Waals surface area contributed by atoms with E-state index in [0.717, 1.165) is 5.69 Å². The van der Waals surface area contributed by atoms with E-state index in [-0.39, 0.29) is 23.2 Å². The first-order valence-corrected chi connectivity index (χ1v) is 9.45. The molecule has 1 N–H and O–H groups in total. The summed E-state index contributed by atoms with van der Waals surface area (Å²) in [6, 6.07) is 13.2. The number of halogens is 1. The Balaban J connectivity index is 1.59. The average Bonchev–Trinajstić information content (AvgIpc) is 2.67. The van der Waals surface area contributed by atoms with E-state index in [1.807, 2.05) is 25.7 Å². The fourth-order valence-electron chi connectivity index (χ4n) is 3.18. The number of carbonyl (C=O) groups excluding carboxylic acids is 2. The van der Waals surface area contributed by atoms with Gasteiger partial charge >= 0.3 is 0 Å². The molecule has 0 aliphatic carbocycles. The van der Waals surface area contributed by atoms with Gasteiger partial charge in [0.1, 0.15) is 5.82 Å². The van der Waals surface area contributed by atoms with E-state index >= 15 is 0 Å². The van der Waals surface area contributed by atoms with Crippen LogP contribution in [0.25, 0.3) is 0 Å². The zero-order chi connectivity index (χ0) is 20.3. The van der Waals surface area contributed by atoms with Crippen LogP contribution in [-0.2, 0) is 0 Å². The van der Waals surface area contributed by atoms with Crippen molar-refractivity contribution in [2.45, 2.75) is 26.3 Å². The highest BCUT2D eigenvalue weighted by molar-refractivity contribution is 5.98. The number of nitrogens with zero attached hydrogens (tertiary/aromatic N) is 2. The van der Waals surface area contributed by atoms with Gasteiger partial charge < -0.3 is 15.1 Å². The first-order valence-electron chi connectivity index (χ1n) is 9.45. The van der Waals surface area contributed by atoms with Crippen LogP contribution in [0.15, 0.2) is 48.5 Å². The van der Waals surface area contributed by atoms with E-state index in [1.165, 1.54) is 12.1 Å². The van der Waals surface area contributed by atoms with E-state index in [2.05, 4.69) is 10.2 Å². The molecule has 0 radical (unpaired) electrons. The van der Waals surface area contributed by atoms with Crippen molar-refractivity contribution in [3.8, 4) is 0 Å². The Morgan fingerprint density at radius 3 is 1.93 bits per heavy atom. The van der Waals surface area contributed by atoms with Crippen molar-refractivity contribution in [2.75, 3.05) is 31.1 Å². The van der Waals surface area contributed by atoms with Crippen LogP contribution in [0.3, 0.4) is 0 Å². The second-order valence-electron chi connectivity index (χ2n) is 8.04. The maximum Gasteiger partial charge on any atom is 0.253 e. The summed E-state index contributed by atoms with van der Waals surface area (Å²) in [6.45, 7) is 8.37. The fourth-order valence-corrected chi connectivity index (χ4v) is 3.18. The number of amides is 2. The van der Waals surface area contributed by atoms with Gasteiger partial charge in [0.2, 0.25) is 0 Å². The van der Waals surface area contributed by atoms with Gasteiger partial charge in [0.05, 0.1) is 0 Å². The van der Waals surface area contributed by atoms with Gasteiger partial charge in [0.15, 0.2) is 0 Å².